The summed E-state index contributed by atoms with van der Waals surface area (Å²) in [4.78, 5) is 25.2. The topological polar surface area (TPSA) is 114 Å². The van der Waals surface area contributed by atoms with Crippen molar-refractivity contribution in [3.63, 3.8) is 0 Å². The summed E-state index contributed by atoms with van der Waals surface area (Å²) in [5, 5.41) is 6.34. The largest absolute Gasteiger partial charge is 0.317 e. The number of sulfonamides is 1. The number of anilines is 1. The van der Waals surface area contributed by atoms with Crippen LogP contribution in [0, 0.1) is 3.57 Å². The average molecular weight is 534 g/mol. The molecule has 3 aromatic rings. The smallest absolute Gasteiger partial charge is 0.282 e. The van der Waals surface area contributed by atoms with E-state index in [4.69, 9.17) is 5.14 Å². The molecule has 30 heavy (non-hydrogen) atoms. The molecule has 1 fully saturated rings. The number of nitrogens with two attached hydrogens (primary N) is 1. The first-order chi connectivity index (χ1) is 14.2. The number of rotatable bonds is 4. The summed E-state index contributed by atoms with van der Waals surface area (Å²) in [5.74, 6) is -0.964. The van der Waals surface area contributed by atoms with Crippen molar-refractivity contribution in [2.75, 3.05) is 5.01 Å². The predicted molar refractivity (Wildman–Crippen MR) is 120 cm³/mol. The number of amides is 2. The van der Waals surface area contributed by atoms with Crippen LogP contribution in [-0.2, 0) is 19.6 Å². The summed E-state index contributed by atoms with van der Waals surface area (Å²) in [6, 6.07) is 16.7. The molecule has 0 aliphatic carbocycles. The fourth-order valence-electron chi connectivity index (χ4n) is 3.02. The molecule has 1 saturated heterocycles. The molecule has 3 N–H and O–H groups in total. The van der Waals surface area contributed by atoms with Crippen molar-refractivity contribution in [2.24, 2.45) is 5.14 Å². The molecule has 0 atom stereocenters. The molecular formula is C20H15IN4O4S. The Bertz CT molecular complexity index is 1280. The Morgan fingerprint density at radius 3 is 2.20 bits per heavy atom. The number of benzene rings is 2. The molecule has 0 saturated carbocycles. The van der Waals surface area contributed by atoms with Gasteiger partial charge in [0, 0.05) is 21.1 Å². The minimum Gasteiger partial charge on any atom is -0.317 e. The summed E-state index contributed by atoms with van der Waals surface area (Å²) in [5.41, 5.74) is 4.36. The highest BCUT2D eigenvalue weighted by molar-refractivity contribution is 14.1. The van der Waals surface area contributed by atoms with Gasteiger partial charge >= 0.3 is 0 Å². The number of hydrazine groups is 1. The van der Waals surface area contributed by atoms with E-state index in [1.54, 1.807) is 47.2 Å². The van der Waals surface area contributed by atoms with E-state index >= 15 is 0 Å². The SMILES string of the molecule is NS(=O)(=O)c1ccc(-n2cccc2/C=C2/C(=O)NN(c3ccc(I)cc3)C2=O)cc1. The lowest BCUT2D eigenvalue weighted by Crippen LogP contribution is -2.35. The normalized spacial score (nSPS) is 15.7. The van der Waals surface area contributed by atoms with Crippen molar-refractivity contribution in [1.82, 2.24) is 9.99 Å². The third kappa shape index (κ3) is 3.88. The molecular weight excluding hydrogens is 519 g/mol. The lowest BCUT2D eigenvalue weighted by Gasteiger charge is -2.14. The van der Waals surface area contributed by atoms with Gasteiger partial charge in [-0.15, -0.1) is 0 Å². The van der Waals surface area contributed by atoms with Gasteiger partial charge < -0.3 is 4.57 Å². The number of nitrogens with zero attached hydrogens (tertiary/aromatic N) is 2. The van der Waals surface area contributed by atoms with Gasteiger partial charge in [0.05, 0.1) is 10.6 Å². The van der Waals surface area contributed by atoms with Crippen LogP contribution in [0.2, 0.25) is 0 Å². The molecule has 2 aromatic carbocycles. The van der Waals surface area contributed by atoms with Crippen molar-refractivity contribution in [3.8, 4) is 5.69 Å². The van der Waals surface area contributed by atoms with Gasteiger partial charge in [-0.1, -0.05) is 0 Å². The molecule has 0 radical (unpaired) electrons. The monoisotopic (exact) mass is 534 g/mol. The number of hydrogen-bond donors (Lipinski definition) is 2. The van der Waals surface area contributed by atoms with Gasteiger partial charge in [0.25, 0.3) is 11.8 Å². The average Bonchev–Trinajstić information content (AvgIpc) is 3.28. The maximum absolute atomic E-state index is 12.8. The Morgan fingerprint density at radius 1 is 0.933 bits per heavy atom. The first-order valence-electron chi connectivity index (χ1n) is 8.67. The van der Waals surface area contributed by atoms with Crippen molar-refractivity contribution in [1.29, 1.82) is 0 Å². The zero-order valence-electron chi connectivity index (χ0n) is 15.3. The lowest BCUT2D eigenvalue weighted by molar-refractivity contribution is -0.117. The maximum Gasteiger partial charge on any atom is 0.282 e. The van der Waals surface area contributed by atoms with Crippen LogP contribution in [0.25, 0.3) is 11.8 Å². The molecule has 4 rings (SSSR count). The number of primary sulfonamides is 1. The zero-order valence-corrected chi connectivity index (χ0v) is 18.3. The molecule has 10 heteroatoms. The lowest BCUT2D eigenvalue weighted by atomic mass is 10.2. The summed E-state index contributed by atoms with van der Waals surface area (Å²) in [6.45, 7) is 0. The van der Waals surface area contributed by atoms with Crippen LogP contribution < -0.4 is 15.6 Å². The molecule has 0 spiro atoms. The minimum atomic E-state index is -3.79. The first-order valence-corrected chi connectivity index (χ1v) is 11.3. The quantitative estimate of drug-likeness (QED) is 0.304. The highest BCUT2D eigenvalue weighted by Crippen LogP contribution is 2.24. The summed E-state index contributed by atoms with van der Waals surface area (Å²) in [7, 11) is -3.79. The van der Waals surface area contributed by atoms with E-state index in [0.717, 1.165) is 3.57 Å². The molecule has 0 bridgehead atoms. The standard InChI is InChI=1S/C20H15IN4O4S/c21-13-3-5-15(6-4-13)25-20(27)18(19(26)23-25)12-16-2-1-11-24(16)14-7-9-17(10-8-14)30(22,28)29/h1-12H,(H,23,26)(H2,22,28,29)/b18-12-. The second kappa shape index (κ2) is 7.70. The fraction of sp³-hybridized carbons (Fsp3) is 0. The number of aromatic nitrogens is 1. The van der Waals surface area contributed by atoms with Gasteiger partial charge in [-0.2, -0.15) is 0 Å². The molecule has 8 nitrogen and oxygen atoms in total. The van der Waals surface area contributed by atoms with Crippen LogP contribution in [0.4, 0.5) is 5.69 Å². The molecule has 1 aliphatic heterocycles. The van der Waals surface area contributed by atoms with Crippen LogP contribution in [0.5, 0.6) is 0 Å². The molecule has 152 valence electrons. The van der Waals surface area contributed by atoms with Gasteiger partial charge in [0.2, 0.25) is 10.0 Å². The van der Waals surface area contributed by atoms with Crippen molar-refractivity contribution >= 4 is 56.2 Å². The second-order valence-electron chi connectivity index (χ2n) is 6.46. The van der Waals surface area contributed by atoms with Crippen LogP contribution >= 0.6 is 22.6 Å². The van der Waals surface area contributed by atoms with Gasteiger partial charge in [-0.25, -0.2) is 18.6 Å². The highest BCUT2D eigenvalue weighted by atomic mass is 127. The van der Waals surface area contributed by atoms with E-state index in [2.05, 4.69) is 28.0 Å². The zero-order chi connectivity index (χ0) is 21.5. The Labute approximate surface area is 186 Å². The van der Waals surface area contributed by atoms with Crippen molar-refractivity contribution in [3.05, 3.63) is 81.7 Å². The fourth-order valence-corrected chi connectivity index (χ4v) is 3.90. The molecule has 2 heterocycles. The van der Waals surface area contributed by atoms with E-state index in [1.807, 2.05) is 12.1 Å². The van der Waals surface area contributed by atoms with Gasteiger partial charge in [-0.3, -0.25) is 15.0 Å². The highest BCUT2D eigenvalue weighted by Gasteiger charge is 2.34. The van der Waals surface area contributed by atoms with E-state index < -0.39 is 21.8 Å². The van der Waals surface area contributed by atoms with Crippen molar-refractivity contribution in [2.45, 2.75) is 4.90 Å². The number of carbonyl (C=O) groups excluding carboxylic acids is 2. The maximum atomic E-state index is 12.8. The number of halogens is 1. The van der Waals surface area contributed by atoms with Crippen LogP contribution in [0.15, 0.2) is 77.3 Å². The van der Waals surface area contributed by atoms with Gasteiger partial charge in [0.1, 0.15) is 5.57 Å². The number of nitrogens with one attached hydrogen (secondary N) is 1. The first kappa shape index (κ1) is 20.3. The van der Waals surface area contributed by atoms with Gasteiger partial charge in [-0.05, 0) is 89.3 Å². The Morgan fingerprint density at radius 2 is 1.57 bits per heavy atom. The van der Waals surface area contributed by atoms with Crippen LogP contribution in [0.1, 0.15) is 5.69 Å². The molecule has 1 aromatic heterocycles. The second-order valence-corrected chi connectivity index (χ2v) is 9.26. The van der Waals surface area contributed by atoms with E-state index in [-0.39, 0.29) is 10.5 Å². The summed E-state index contributed by atoms with van der Waals surface area (Å²) in [6.07, 6.45) is 3.24. The predicted octanol–water partition coefficient (Wildman–Crippen LogP) is 2.19. The van der Waals surface area contributed by atoms with Crippen molar-refractivity contribution < 1.29 is 18.0 Å². The summed E-state index contributed by atoms with van der Waals surface area (Å²) < 4.78 is 25.6. The van der Waals surface area contributed by atoms with Gasteiger partial charge in [0.15, 0.2) is 0 Å². The Kier molecular flexibility index (Phi) is 5.22. The molecule has 1 aliphatic rings. The number of carbonyl (C=O) groups is 2. The minimum absolute atomic E-state index is 0.00294. The third-order valence-electron chi connectivity index (χ3n) is 4.49. The van der Waals surface area contributed by atoms with Crippen LogP contribution in [-0.4, -0.2) is 24.8 Å². The van der Waals surface area contributed by atoms with E-state index in [9.17, 15) is 18.0 Å². The Balaban J connectivity index is 1.66. The number of hydrogen-bond acceptors (Lipinski definition) is 4. The molecule has 2 amide bonds. The Hall–Kier alpha value is -2.96. The molecule has 0 unspecified atom stereocenters. The van der Waals surface area contributed by atoms with E-state index in [1.165, 1.54) is 23.2 Å². The summed E-state index contributed by atoms with van der Waals surface area (Å²) >= 11 is 2.16. The van der Waals surface area contributed by atoms with Crippen LogP contribution in [0.3, 0.4) is 0 Å². The van der Waals surface area contributed by atoms with E-state index in [0.29, 0.717) is 17.1 Å². The third-order valence-corrected chi connectivity index (χ3v) is 6.14.